The highest BCUT2D eigenvalue weighted by molar-refractivity contribution is 6.30. The molecule has 1 heterocycles. The monoisotopic (exact) mass is 275 g/mol. The van der Waals surface area contributed by atoms with Crippen LogP contribution in [-0.4, -0.2) is 13.2 Å². The molecule has 0 radical (unpaired) electrons. The van der Waals surface area contributed by atoms with Gasteiger partial charge in [-0.1, -0.05) is 29.8 Å². The summed E-state index contributed by atoms with van der Waals surface area (Å²) in [4.78, 5) is 0. The van der Waals surface area contributed by atoms with Crippen LogP contribution in [0.5, 0.6) is 11.5 Å². The van der Waals surface area contributed by atoms with E-state index in [0.717, 1.165) is 27.8 Å². The van der Waals surface area contributed by atoms with E-state index < -0.39 is 0 Å². The van der Waals surface area contributed by atoms with E-state index in [9.17, 15) is 0 Å². The Balaban J connectivity index is 1.77. The molecule has 0 amide bonds. The minimum Gasteiger partial charge on any atom is -0.486 e. The second-order valence-corrected chi connectivity index (χ2v) is 4.74. The van der Waals surface area contributed by atoms with Crippen molar-refractivity contribution in [3.63, 3.8) is 0 Å². The molecule has 0 unspecified atom stereocenters. The topological polar surface area (TPSA) is 30.5 Å². The quantitative estimate of drug-likeness (QED) is 0.926. The van der Waals surface area contributed by atoms with Crippen LogP contribution in [0.15, 0.2) is 42.5 Å². The van der Waals surface area contributed by atoms with E-state index in [-0.39, 0.29) is 0 Å². The fourth-order valence-electron chi connectivity index (χ4n) is 2.07. The Bertz CT molecular complexity index is 586. The third-order valence-electron chi connectivity index (χ3n) is 2.96. The molecule has 98 valence electrons. The molecule has 4 heteroatoms. The lowest BCUT2D eigenvalue weighted by Gasteiger charge is -2.21. The molecule has 0 aliphatic carbocycles. The predicted molar refractivity (Wildman–Crippen MR) is 76.2 cm³/mol. The molecule has 3 rings (SSSR count). The molecule has 0 fully saturated rings. The zero-order valence-electron chi connectivity index (χ0n) is 10.4. The molecule has 1 N–H and O–H groups in total. The van der Waals surface area contributed by atoms with Crippen LogP contribution in [0.2, 0.25) is 5.02 Å². The molecule has 0 spiro atoms. The molecule has 0 saturated carbocycles. The first-order valence-corrected chi connectivity index (χ1v) is 6.58. The normalized spacial score (nSPS) is 13.1. The zero-order valence-corrected chi connectivity index (χ0v) is 11.1. The van der Waals surface area contributed by atoms with Gasteiger partial charge in [0.1, 0.15) is 13.2 Å². The van der Waals surface area contributed by atoms with Crippen LogP contribution in [0.1, 0.15) is 5.56 Å². The molecular weight excluding hydrogens is 262 g/mol. The lowest BCUT2D eigenvalue weighted by atomic mass is 10.1. The lowest BCUT2D eigenvalue weighted by molar-refractivity contribution is 0.170. The van der Waals surface area contributed by atoms with Crippen molar-refractivity contribution in [2.75, 3.05) is 18.5 Å². The first-order chi connectivity index (χ1) is 9.33. The summed E-state index contributed by atoms with van der Waals surface area (Å²) in [6, 6.07) is 13.6. The average Bonchev–Trinajstić information content (AvgIpc) is 2.45. The maximum absolute atomic E-state index is 5.96. The van der Waals surface area contributed by atoms with Gasteiger partial charge in [-0.05, 0) is 24.3 Å². The Labute approximate surface area is 117 Å². The second kappa shape index (κ2) is 5.41. The van der Waals surface area contributed by atoms with Gasteiger partial charge >= 0.3 is 0 Å². The van der Waals surface area contributed by atoms with Gasteiger partial charge in [-0.2, -0.15) is 0 Å². The fraction of sp³-hybridized carbons (Fsp3) is 0.200. The second-order valence-electron chi connectivity index (χ2n) is 4.31. The number of nitrogens with one attached hydrogen (secondary N) is 1. The van der Waals surface area contributed by atoms with E-state index in [4.69, 9.17) is 21.1 Å². The number of anilines is 1. The summed E-state index contributed by atoms with van der Waals surface area (Å²) in [6.07, 6.45) is 0. The van der Waals surface area contributed by atoms with Crippen molar-refractivity contribution in [2.45, 2.75) is 6.54 Å². The van der Waals surface area contributed by atoms with E-state index >= 15 is 0 Å². The first-order valence-electron chi connectivity index (χ1n) is 6.20. The number of halogens is 1. The maximum Gasteiger partial charge on any atom is 0.166 e. The number of benzene rings is 2. The van der Waals surface area contributed by atoms with Crippen molar-refractivity contribution in [3.8, 4) is 11.5 Å². The number of hydrogen-bond donors (Lipinski definition) is 1. The summed E-state index contributed by atoms with van der Waals surface area (Å²) < 4.78 is 11.2. The summed E-state index contributed by atoms with van der Waals surface area (Å²) in [5.74, 6) is 1.65. The van der Waals surface area contributed by atoms with Gasteiger partial charge < -0.3 is 14.8 Å². The third kappa shape index (κ3) is 2.76. The molecule has 3 nitrogen and oxygen atoms in total. The van der Waals surface area contributed by atoms with Crippen molar-refractivity contribution in [2.24, 2.45) is 0 Å². The Morgan fingerprint density at radius 2 is 1.89 bits per heavy atom. The summed E-state index contributed by atoms with van der Waals surface area (Å²) in [5.41, 5.74) is 2.07. The highest BCUT2D eigenvalue weighted by Crippen LogP contribution is 2.34. The van der Waals surface area contributed by atoms with Gasteiger partial charge in [0.25, 0.3) is 0 Å². The summed E-state index contributed by atoms with van der Waals surface area (Å²) in [7, 11) is 0. The molecule has 0 atom stereocenters. The third-order valence-corrected chi connectivity index (χ3v) is 3.19. The predicted octanol–water partition coefficient (Wildman–Crippen LogP) is 3.72. The summed E-state index contributed by atoms with van der Waals surface area (Å²) in [5, 5.41) is 4.05. The molecule has 0 bridgehead atoms. The first kappa shape index (κ1) is 12.2. The number of para-hydroxylation sites is 1. The van der Waals surface area contributed by atoms with Crippen LogP contribution in [0.3, 0.4) is 0 Å². The minimum absolute atomic E-state index is 0.598. The van der Waals surface area contributed by atoms with Crippen molar-refractivity contribution < 1.29 is 9.47 Å². The summed E-state index contributed by atoms with van der Waals surface area (Å²) >= 11 is 5.96. The van der Waals surface area contributed by atoms with Gasteiger partial charge in [0.15, 0.2) is 11.5 Å². The highest BCUT2D eigenvalue weighted by atomic mass is 35.5. The van der Waals surface area contributed by atoms with Crippen LogP contribution in [0.25, 0.3) is 0 Å². The SMILES string of the molecule is Clc1cccc(NCc2cccc3c2OCCO3)c1. The van der Waals surface area contributed by atoms with Crippen molar-refractivity contribution in [1.82, 2.24) is 0 Å². The van der Waals surface area contributed by atoms with Gasteiger partial charge in [-0.25, -0.2) is 0 Å². The van der Waals surface area contributed by atoms with Gasteiger partial charge in [-0.15, -0.1) is 0 Å². The van der Waals surface area contributed by atoms with Gasteiger partial charge in [0.05, 0.1) is 0 Å². The van der Waals surface area contributed by atoms with Crippen molar-refractivity contribution >= 4 is 17.3 Å². The van der Waals surface area contributed by atoms with Gasteiger partial charge in [-0.3, -0.25) is 0 Å². The number of rotatable bonds is 3. The Hall–Kier alpha value is -1.87. The molecule has 1 aliphatic heterocycles. The van der Waals surface area contributed by atoms with Crippen LogP contribution < -0.4 is 14.8 Å². The maximum atomic E-state index is 5.96. The standard InChI is InChI=1S/C15H14ClNO2/c16-12-4-2-5-13(9-12)17-10-11-3-1-6-14-15(11)19-8-7-18-14/h1-6,9,17H,7-8,10H2. The van der Waals surface area contributed by atoms with Crippen LogP contribution in [-0.2, 0) is 6.54 Å². The van der Waals surface area contributed by atoms with E-state index in [1.54, 1.807) is 0 Å². The smallest absolute Gasteiger partial charge is 0.166 e. The number of fused-ring (bicyclic) bond motifs is 1. The molecule has 0 aromatic heterocycles. The minimum atomic E-state index is 0.598. The largest absolute Gasteiger partial charge is 0.486 e. The van der Waals surface area contributed by atoms with Crippen LogP contribution >= 0.6 is 11.6 Å². The fourth-order valence-corrected chi connectivity index (χ4v) is 2.26. The molecule has 1 aliphatic rings. The van der Waals surface area contributed by atoms with Crippen molar-refractivity contribution in [3.05, 3.63) is 53.1 Å². The molecule has 19 heavy (non-hydrogen) atoms. The zero-order chi connectivity index (χ0) is 13.1. The molecular formula is C15H14ClNO2. The molecule has 2 aromatic carbocycles. The van der Waals surface area contributed by atoms with Crippen molar-refractivity contribution in [1.29, 1.82) is 0 Å². The Morgan fingerprint density at radius 3 is 2.79 bits per heavy atom. The van der Waals surface area contributed by atoms with E-state index in [2.05, 4.69) is 5.32 Å². The van der Waals surface area contributed by atoms with E-state index in [1.165, 1.54) is 0 Å². The van der Waals surface area contributed by atoms with E-state index in [0.29, 0.717) is 19.8 Å². The molecule has 0 saturated heterocycles. The highest BCUT2D eigenvalue weighted by Gasteiger charge is 2.14. The van der Waals surface area contributed by atoms with Gasteiger partial charge in [0.2, 0.25) is 0 Å². The van der Waals surface area contributed by atoms with Crippen LogP contribution in [0.4, 0.5) is 5.69 Å². The Kier molecular flexibility index (Phi) is 3.47. The molecule has 2 aromatic rings. The number of hydrogen-bond acceptors (Lipinski definition) is 3. The average molecular weight is 276 g/mol. The van der Waals surface area contributed by atoms with Crippen LogP contribution in [0, 0.1) is 0 Å². The van der Waals surface area contributed by atoms with E-state index in [1.807, 2.05) is 42.5 Å². The number of ether oxygens (including phenoxy) is 2. The lowest BCUT2D eigenvalue weighted by Crippen LogP contribution is -2.17. The summed E-state index contributed by atoms with van der Waals surface area (Å²) in [6.45, 7) is 1.88. The van der Waals surface area contributed by atoms with Gasteiger partial charge in [0, 0.05) is 22.8 Å². The Morgan fingerprint density at radius 1 is 1.05 bits per heavy atom.